The minimum atomic E-state index is -2.92. The van der Waals surface area contributed by atoms with Gasteiger partial charge >= 0.3 is 6.61 Å². The van der Waals surface area contributed by atoms with Crippen molar-refractivity contribution in [3.8, 4) is 11.5 Å². The van der Waals surface area contributed by atoms with Crippen molar-refractivity contribution >= 4 is 17.7 Å². The lowest BCUT2D eigenvalue weighted by molar-refractivity contribution is -0.128. The number of carbonyl (C=O) groups is 1. The number of amides is 1. The molecule has 2 aromatic carbocycles. The molecule has 2 atom stereocenters. The number of benzene rings is 2. The van der Waals surface area contributed by atoms with Crippen LogP contribution in [-0.4, -0.2) is 24.4 Å². The molecule has 0 bridgehead atoms. The standard InChI is InChI=1S/C19H19F2NO3S/c1-2-13(12-7-3-4-8-14(12)25-19(20)21)22-18(23)16-11-26-17-10-6-5-9-15(17)24-16/h3-10,13,16,19H,2,11H2,1H3,(H,22,23)/t13-,16+/m1/s1. The first-order valence-electron chi connectivity index (χ1n) is 8.31. The fourth-order valence-corrected chi connectivity index (χ4v) is 3.77. The van der Waals surface area contributed by atoms with E-state index in [-0.39, 0.29) is 11.7 Å². The molecule has 4 nitrogen and oxygen atoms in total. The second-order valence-corrected chi connectivity index (χ2v) is 6.81. The number of halogens is 2. The Labute approximate surface area is 154 Å². The van der Waals surface area contributed by atoms with Crippen LogP contribution in [0, 0.1) is 0 Å². The SMILES string of the molecule is CC[C@@H](NC(=O)[C@@H]1CSc2ccccc2O1)c1ccccc1OC(F)F. The largest absolute Gasteiger partial charge is 0.479 e. The number of alkyl halides is 2. The molecule has 0 aromatic heterocycles. The molecular formula is C19H19F2NO3S. The predicted molar refractivity (Wildman–Crippen MR) is 95.8 cm³/mol. The highest BCUT2D eigenvalue weighted by atomic mass is 32.2. The van der Waals surface area contributed by atoms with Gasteiger partial charge in [0.15, 0.2) is 6.10 Å². The third kappa shape index (κ3) is 4.27. The fraction of sp³-hybridized carbons (Fsp3) is 0.316. The normalized spacial score (nSPS) is 17.2. The van der Waals surface area contributed by atoms with Crippen molar-refractivity contribution in [2.45, 2.75) is 37.0 Å². The lowest BCUT2D eigenvalue weighted by Gasteiger charge is -2.27. The number of rotatable bonds is 6. The number of hydrogen-bond donors (Lipinski definition) is 1. The number of nitrogens with one attached hydrogen (secondary N) is 1. The molecule has 7 heteroatoms. The molecule has 0 unspecified atom stereocenters. The van der Waals surface area contributed by atoms with E-state index in [4.69, 9.17) is 4.74 Å². The second kappa shape index (κ2) is 8.40. The van der Waals surface area contributed by atoms with Gasteiger partial charge in [-0.25, -0.2) is 0 Å². The van der Waals surface area contributed by atoms with Gasteiger partial charge in [-0.15, -0.1) is 11.8 Å². The van der Waals surface area contributed by atoms with Gasteiger partial charge in [0.2, 0.25) is 0 Å². The van der Waals surface area contributed by atoms with E-state index in [1.54, 1.807) is 30.0 Å². The van der Waals surface area contributed by atoms with Crippen LogP contribution in [0.5, 0.6) is 11.5 Å². The number of ether oxygens (including phenoxy) is 2. The molecule has 0 saturated carbocycles. The van der Waals surface area contributed by atoms with Gasteiger partial charge in [-0.05, 0) is 24.6 Å². The number of para-hydroxylation sites is 2. The van der Waals surface area contributed by atoms with Crippen molar-refractivity contribution < 1.29 is 23.0 Å². The Bertz CT molecular complexity index is 772. The smallest absolute Gasteiger partial charge is 0.387 e. The Balaban J connectivity index is 1.72. The van der Waals surface area contributed by atoms with Gasteiger partial charge in [-0.2, -0.15) is 8.78 Å². The average molecular weight is 379 g/mol. The first-order chi connectivity index (χ1) is 12.6. The molecule has 2 aromatic rings. The van der Waals surface area contributed by atoms with Gasteiger partial charge in [0.05, 0.1) is 6.04 Å². The summed E-state index contributed by atoms with van der Waals surface area (Å²) in [6.07, 6.45) is -0.0988. The van der Waals surface area contributed by atoms with Crippen molar-refractivity contribution in [2.75, 3.05) is 5.75 Å². The van der Waals surface area contributed by atoms with Crippen molar-refractivity contribution in [1.82, 2.24) is 5.32 Å². The second-order valence-electron chi connectivity index (χ2n) is 5.75. The molecule has 1 aliphatic rings. The van der Waals surface area contributed by atoms with Crippen LogP contribution in [0.4, 0.5) is 8.78 Å². The number of hydrogen-bond acceptors (Lipinski definition) is 4. The van der Waals surface area contributed by atoms with Crippen LogP contribution in [0.15, 0.2) is 53.4 Å². The van der Waals surface area contributed by atoms with Crippen LogP contribution in [0.2, 0.25) is 0 Å². The number of fused-ring (bicyclic) bond motifs is 1. The van der Waals surface area contributed by atoms with Gasteiger partial charge in [0.25, 0.3) is 5.91 Å². The van der Waals surface area contributed by atoms with E-state index in [1.165, 1.54) is 6.07 Å². The summed E-state index contributed by atoms with van der Waals surface area (Å²) in [5, 5.41) is 2.89. The van der Waals surface area contributed by atoms with Gasteiger partial charge < -0.3 is 14.8 Å². The van der Waals surface area contributed by atoms with E-state index < -0.39 is 18.8 Å². The molecule has 0 spiro atoms. The molecular weight excluding hydrogens is 360 g/mol. The Hall–Kier alpha value is -2.28. The van der Waals surface area contributed by atoms with Crippen molar-refractivity contribution in [1.29, 1.82) is 0 Å². The summed E-state index contributed by atoms with van der Waals surface area (Å²) in [6, 6.07) is 13.6. The molecule has 1 aliphatic heterocycles. The van der Waals surface area contributed by atoms with Gasteiger partial charge in [-0.3, -0.25) is 4.79 Å². The predicted octanol–water partition coefficient (Wildman–Crippen LogP) is 4.41. The molecule has 3 rings (SSSR count). The van der Waals surface area contributed by atoms with Gasteiger partial charge in [-0.1, -0.05) is 37.3 Å². The zero-order valence-corrected chi connectivity index (χ0v) is 15.0. The highest BCUT2D eigenvalue weighted by molar-refractivity contribution is 7.99. The quantitative estimate of drug-likeness (QED) is 0.808. The lowest BCUT2D eigenvalue weighted by Crippen LogP contribution is -2.42. The number of carbonyl (C=O) groups excluding carboxylic acids is 1. The summed E-state index contributed by atoms with van der Waals surface area (Å²) < 4.78 is 35.6. The minimum Gasteiger partial charge on any atom is -0.479 e. The van der Waals surface area contributed by atoms with Crippen LogP contribution in [0.3, 0.4) is 0 Å². The Morgan fingerprint density at radius 2 is 2.00 bits per heavy atom. The summed E-state index contributed by atoms with van der Waals surface area (Å²) in [7, 11) is 0. The molecule has 1 amide bonds. The lowest BCUT2D eigenvalue weighted by atomic mass is 10.0. The zero-order valence-electron chi connectivity index (χ0n) is 14.2. The van der Waals surface area contributed by atoms with Crippen LogP contribution in [0.1, 0.15) is 24.9 Å². The van der Waals surface area contributed by atoms with Crippen molar-refractivity contribution in [2.24, 2.45) is 0 Å². The zero-order chi connectivity index (χ0) is 18.5. The maximum absolute atomic E-state index is 12.6. The van der Waals surface area contributed by atoms with E-state index in [2.05, 4.69) is 10.1 Å². The highest BCUT2D eigenvalue weighted by Gasteiger charge is 2.29. The van der Waals surface area contributed by atoms with E-state index in [9.17, 15) is 13.6 Å². The summed E-state index contributed by atoms with van der Waals surface area (Å²) in [5.74, 6) is 0.970. The van der Waals surface area contributed by atoms with Crippen LogP contribution < -0.4 is 14.8 Å². The maximum atomic E-state index is 12.6. The monoisotopic (exact) mass is 379 g/mol. The van der Waals surface area contributed by atoms with Gasteiger partial charge in [0, 0.05) is 16.2 Å². The summed E-state index contributed by atoms with van der Waals surface area (Å²) in [4.78, 5) is 13.6. The molecule has 0 radical (unpaired) electrons. The molecule has 1 heterocycles. The van der Waals surface area contributed by atoms with E-state index in [0.29, 0.717) is 23.5 Å². The van der Waals surface area contributed by atoms with E-state index >= 15 is 0 Å². The summed E-state index contributed by atoms with van der Waals surface area (Å²) in [5.41, 5.74) is 0.521. The minimum absolute atomic E-state index is 0.0685. The van der Waals surface area contributed by atoms with Crippen LogP contribution in [-0.2, 0) is 4.79 Å². The van der Waals surface area contributed by atoms with E-state index in [0.717, 1.165) is 4.90 Å². The molecule has 0 saturated heterocycles. The van der Waals surface area contributed by atoms with Crippen LogP contribution in [0.25, 0.3) is 0 Å². The molecule has 26 heavy (non-hydrogen) atoms. The molecule has 0 aliphatic carbocycles. The fourth-order valence-electron chi connectivity index (χ4n) is 2.78. The third-order valence-corrected chi connectivity index (χ3v) is 5.15. The van der Waals surface area contributed by atoms with Crippen molar-refractivity contribution in [3.63, 3.8) is 0 Å². The van der Waals surface area contributed by atoms with Crippen LogP contribution >= 0.6 is 11.8 Å². The maximum Gasteiger partial charge on any atom is 0.387 e. The first kappa shape index (κ1) is 18.5. The highest BCUT2D eigenvalue weighted by Crippen LogP contribution is 2.35. The topological polar surface area (TPSA) is 47.6 Å². The number of thioether (sulfide) groups is 1. The average Bonchev–Trinajstić information content (AvgIpc) is 2.65. The Kier molecular flexibility index (Phi) is 5.98. The summed E-state index contributed by atoms with van der Waals surface area (Å²) >= 11 is 1.56. The van der Waals surface area contributed by atoms with Gasteiger partial charge in [0.1, 0.15) is 11.5 Å². The molecule has 138 valence electrons. The van der Waals surface area contributed by atoms with E-state index in [1.807, 2.05) is 31.2 Å². The Morgan fingerprint density at radius 3 is 2.77 bits per heavy atom. The third-order valence-electron chi connectivity index (χ3n) is 4.04. The first-order valence-corrected chi connectivity index (χ1v) is 9.29. The molecule has 1 N–H and O–H groups in total. The van der Waals surface area contributed by atoms with Crippen molar-refractivity contribution in [3.05, 3.63) is 54.1 Å². The summed E-state index contributed by atoms with van der Waals surface area (Å²) in [6.45, 7) is -1.05. The molecule has 0 fully saturated rings. The Morgan fingerprint density at radius 1 is 1.27 bits per heavy atom.